The summed E-state index contributed by atoms with van der Waals surface area (Å²) in [6.45, 7) is -0.0144. The molecule has 10 heteroatoms. The maximum absolute atomic E-state index is 13.4. The Balaban J connectivity index is 1.51. The number of fused-ring (bicyclic) bond motifs is 1. The van der Waals surface area contributed by atoms with Crippen molar-refractivity contribution in [1.82, 2.24) is 9.66 Å². The van der Waals surface area contributed by atoms with E-state index in [2.05, 4.69) is 27.1 Å². The first-order chi connectivity index (χ1) is 19.0. The van der Waals surface area contributed by atoms with E-state index in [0.717, 1.165) is 32.1 Å². The molecule has 1 saturated carbocycles. The van der Waals surface area contributed by atoms with Crippen LogP contribution in [0.1, 0.15) is 60.5 Å². The monoisotopic (exact) mass is 585 g/mol. The molecule has 9 nitrogen and oxygen atoms in total. The lowest BCUT2D eigenvalue weighted by Gasteiger charge is -2.22. The fraction of sp³-hybridized carbons (Fsp3) is 0.241. The van der Waals surface area contributed by atoms with Crippen molar-refractivity contribution >= 4 is 38.7 Å². The maximum atomic E-state index is 13.4. The van der Waals surface area contributed by atoms with Crippen LogP contribution in [0.3, 0.4) is 0 Å². The van der Waals surface area contributed by atoms with E-state index >= 15 is 0 Å². The van der Waals surface area contributed by atoms with Gasteiger partial charge in [0.25, 0.3) is 5.56 Å². The van der Waals surface area contributed by atoms with Gasteiger partial charge in [0.2, 0.25) is 5.75 Å². The highest BCUT2D eigenvalue weighted by Crippen LogP contribution is 2.37. The average Bonchev–Trinajstić information content (AvgIpc) is 2.96. The summed E-state index contributed by atoms with van der Waals surface area (Å²) in [5, 5.41) is 26.2. The quantitative estimate of drug-likeness (QED) is 0.139. The fourth-order valence-corrected chi connectivity index (χ4v) is 5.44. The zero-order chi connectivity index (χ0) is 27.4. The van der Waals surface area contributed by atoms with E-state index in [4.69, 9.17) is 9.72 Å². The first kappa shape index (κ1) is 26.3. The predicted molar refractivity (Wildman–Crippen MR) is 151 cm³/mol. The highest BCUT2D eigenvalue weighted by molar-refractivity contribution is 9.10. The number of hydrogen-bond acceptors (Lipinski definition) is 7. The van der Waals surface area contributed by atoms with Gasteiger partial charge in [-0.25, -0.2) is 4.98 Å². The van der Waals surface area contributed by atoms with Crippen molar-refractivity contribution in [1.29, 1.82) is 5.26 Å². The number of halogens is 1. The zero-order valence-corrected chi connectivity index (χ0v) is 22.5. The minimum atomic E-state index is -0.537. The minimum Gasteiger partial charge on any atom is -0.481 e. The number of benzene rings is 3. The number of aromatic nitrogens is 2. The Bertz CT molecular complexity index is 1690. The van der Waals surface area contributed by atoms with Crippen LogP contribution in [0.15, 0.2) is 75.0 Å². The highest BCUT2D eigenvalue weighted by atomic mass is 79.9. The Kier molecular flexibility index (Phi) is 7.79. The van der Waals surface area contributed by atoms with Crippen molar-refractivity contribution in [2.24, 2.45) is 5.10 Å². The summed E-state index contributed by atoms with van der Waals surface area (Å²) >= 11 is 3.39. The van der Waals surface area contributed by atoms with Crippen LogP contribution in [0.25, 0.3) is 10.9 Å². The molecule has 0 bridgehead atoms. The summed E-state index contributed by atoms with van der Waals surface area (Å²) in [7, 11) is 0. The van der Waals surface area contributed by atoms with Crippen molar-refractivity contribution in [2.75, 3.05) is 0 Å². The molecule has 0 N–H and O–H groups in total. The van der Waals surface area contributed by atoms with Crippen molar-refractivity contribution in [3.8, 4) is 11.8 Å². The molecule has 0 spiro atoms. The molecule has 3 aromatic carbocycles. The van der Waals surface area contributed by atoms with Gasteiger partial charge in [0, 0.05) is 23.1 Å². The Morgan fingerprint density at radius 3 is 2.67 bits per heavy atom. The van der Waals surface area contributed by atoms with E-state index in [9.17, 15) is 20.2 Å². The molecule has 0 unspecified atom stereocenters. The van der Waals surface area contributed by atoms with Crippen LogP contribution < -0.4 is 10.3 Å². The number of ether oxygens (including phenoxy) is 1. The minimum absolute atomic E-state index is 0.0144. The summed E-state index contributed by atoms with van der Waals surface area (Å²) in [6, 6.07) is 19.2. The van der Waals surface area contributed by atoms with Gasteiger partial charge >= 0.3 is 5.69 Å². The number of para-hydroxylation sites is 1. The number of nitriles is 1. The second kappa shape index (κ2) is 11.6. The molecule has 196 valence electrons. The van der Waals surface area contributed by atoms with Gasteiger partial charge in [0.1, 0.15) is 12.4 Å². The molecule has 4 aromatic rings. The number of nitro groups is 1. The third-order valence-corrected chi connectivity index (χ3v) is 7.41. The van der Waals surface area contributed by atoms with Crippen LogP contribution in [0, 0.1) is 21.4 Å². The largest absolute Gasteiger partial charge is 0.481 e. The van der Waals surface area contributed by atoms with Gasteiger partial charge in [-0.2, -0.15) is 15.0 Å². The second-order valence-corrected chi connectivity index (χ2v) is 10.2. The van der Waals surface area contributed by atoms with E-state index in [-0.39, 0.29) is 29.5 Å². The SMILES string of the molecule is N#Cc1ccccc1COc1c(Br)cc(C=Nn2c(C3CCCCC3)nc3ccccc3c2=O)cc1[N+](=O)[O-]. The molecular formula is C29H24BrN5O4. The van der Waals surface area contributed by atoms with Gasteiger partial charge in [-0.15, -0.1) is 0 Å². The number of hydrogen-bond donors (Lipinski definition) is 0. The first-order valence-electron chi connectivity index (χ1n) is 12.6. The van der Waals surface area contributed by atoms with Crippen LogP contribution in [-0.2, 0) is 6.61 Å². The Morgan fingerprint density at radius 1 is 1.15 bits per heavy atom. The fourth-order valence-electron chi connectivity index (χ4n) is 4.86. The molecule has 0 saturated heterocycles. The maximum Gasteiger partial charge on any atom is 0.312 e. The standard InChI is InChI=1S/C29H24BrN5O4/c30-24-14-19(15-26(35(37)38)27(24)39-18-22-11-5-4-10-21(22)16-31)17-32-34-28(20-8-2-1-3-9-20)33-25-13-7-6-12-23(25)29(34)36/h4-7,10-15,17,20H,1-3,8-9,18H2. The van der Waals surface area contributed by atoms with Crippen molar-refractivity contribution in [2.45, 2.75) is 44.6 Å². The summed E-state index contributed by atoms with van der Waals surface area (Å²) < 4.78 is 7.48. The van der Waals surface area contributed by atoms with E-state index in [0.29, 0.717) is 37.9 Å². The lowest BCUT2D eigenvalue weighted by Crippen LogP contribution is -2.25. The molecule has 1 aliphatic rings. The first-order valence-corrected chi connectivity index (χ1v) is 13.4. The van der Waals surface area contributed by atoms with Crippen LogP contribution in [0.5, 0.6) is 5.75 Å². The van der Waals surface area contributed by atoms with Crippen LogP contribution in [-0.4, -0.2) is 20.8 Å². The van der Waals surface area contributed by atoms with Crippen molar-refractivity contribution < 1.29 is 9.66 Å². The third kappa shape index (κ3) is 5.59. The van der Waals surface area contributed by atoms with Crippen molar-refractivity contribution in [3.05, 3.63) is 108 Å². The summed E-state index contributed by atoms with van der Waals surface area (Å²) in [5.41, 5.74) is 1.55. The lowest BCUT2D eigenvalue weighted by atomic mass is 9.88. The number of rotatable bonds is 7. The van der Waals surface area contributed by atoms with Crippen LogP contribution in [0.2, 0.25) is 0 Å². The zero-order valence-electron chi connectivity index (χ0n) is 20.9. The Morgan fingerprint density at radius 2 is 1.90 bits per heavy atom. The summed E-state index contributed by atoms with van der Waals surface area (Å²) in [6.07, 6.45) is 6.58. The van der Waals surface area contributed by atoms with E-state index < -0.39 is 4.92 Å². The van der Waals surface area contributed by atoms with Crippen LogP contribution in [0.4, 0.5) is 5.69 Å². The molecule has 0 amide bonds. The Labute approximate surface area is 232 Å². The van der Waals surface area contributed by atoms with E-state index in [1.54, 1.807) is 42.5 Å². The molecule has 1 fully saturated rings. The van der Waals surface area contributed by atoms with Gasteiger partial charge in [-0.3, -0.25) is 14.9 Å². The molecular weight excluding hydrogens is 562 g/mol. The summed E-state index contributed by atoms with van der Waals surface area (Å²) in [5.74, 6) is 0.762. The van der Waals surface area contributed by atoms with Crippen LogP contribution >= 0.6 is 15.9 Å². The lowest BCUT2D eigenvalue weighted by molar-refractivity contribution is -0.386. The topological polar surface area (TPSA) is 123 Å². The Hall–Kier alpha value is -4.36. The molecule has 1 aliphatic carbocycles. The van der Waals surface area contributed by atoms with Gasteiger partial charge in [0.15, 0.2) is 0 Å². The molecule has 0 radical (unpaired) electrons. The van der Waals surface area contributed by atoms with E-state index in [1.165, 1.54) is 17.0 Å². The molecule has 1 aromatic heterocycles. The third-order valence-electron chi connectivity index (χ3n) is 6.82. The average molecular weight is 586 g/mol. The predicted octanol–water partition coefficient (Wildman–Crippen LogP) is 6.45. The highest BCUT2D eigenvalue weighted by Gasteiger charge is 2.23. The smallest absolute Gasteiger partial charge is 0.312 e. The van der Waals surface area contributed by atoms with Gasteiger partial charge in [-0.1, -0.05) is 49.6 Å². The van der Waals surface area contributed by atoms with Gasteiger partial charge in [0.05, 0.1) is 38.1 Å². The van der Waals surface area contributed by atoms with E-state index in [1.807, 2.05) is 12.1 Å². The van der Waals surface area contributed by atoms with Gasteiger partial charge in [-0.05, 0) is 53.0 Å². The normalized spacial score (nSPS) is 13.9. The molecule has 39 heavy (non-hydrogen) atoms. The van der Waals surface area contributed by atoms with Gasteiger partial charge < -0.3 is 4.74 Å². The second-order valence-electron chi connectivity index (χ2n) is 9.35. The number of nitrogens with zero attached hydrogens (tertiary/aromatic N) is 5. The molecule has 0 aliphatic heterocycles. The molecule has 0 atom stereocenters. The molecule has 1 heterocycles. The van der Waals surface area contributed by atoms with Crippen molar-refractivity contribution in [3.63, 3.8) is 0 Å². The number of nitro benzene ring substituents is 1. The molecule has 5 rings (SSSR count). The summed E-state index contributed by atoms with van der Waals surface area (Å²) in [4.78, 5) is 29.6.